The maximum atomic E-state index is 13.7. The summed E-state index contributed by atoms with van der Waals surface area (Å²) in [6.45, 7) is 2.80. The van der Waals surface area contributed by atoms with E-state index in [1.165, 1.54) is 5.56 Å². The number of benzene rings is 1. The third-order valence-electron chi connectivity index (χ3n) is 6.41. The van der Waals surface area contributed by atoms with Crippen molar-refractivity contribution in [3.8, 4) is 0 Å². The van der Waals surface area contributed by atoms with Gasteiger partial charge in [-0.3, -0.25) is 9.59 Å². The molecule has 7 heteroatoms. The molecule has 31 heavy (non-hydrogen) atoms. The normalized spacial score (nSPS) is 23.7. The summed E-state index contributed by atoms with van der Waals surface area (Å²) in [5, 5.41) is 6.78. The van der Waals surface area contributed by atoms with E-state index in [2.05, 4.69) is 22.6 Å². The summed E-state index contributed by atoms with van der Waals surface area (Å²) in [5.74, 6) is 0.567. The van der Waals surface area contributed by atoms with Gasteiger partial charge < -0.3 is 14.7 Å². The molecule has 2 aliphatic rings. The van der Waals surface area contributed by atoms with Crippen LogP contribution in [0.1, 0.15) is 67.0 Å². The fraction of sp³-hybridized carbons (Fsp3) is 0.542. The van der Waals surface area contributed by atoms with Crippen LogP contribution in [0.3, 0.4) is 0 Å². The van der Waals surface area contributed by atoms with Crippen LogP contribution >= 0.6 is 0 Å². The van der Waals surface area contributed by atoms with Crippen LogP contribution in [0, 0.1) is 6.92 Å². The summed E-state index contributed by atoms with van der Waals surface area (Å²) in [6, 6.07) is 9.40. The number of amides is 2. The molecule has 4 rings (SSSR count). The van der Waals surface area contributed by atoms with Crippen LogP contribution in [0.15, 0.2) is 34.9 Å². The lowest BCUT2D eigenvalue weighted by Crippen LogP contribution is -2.46. The van der Waals surface area contributed by atoms with Gasteiger partial charge in [-0.25, -0.2) is 4.39 Å². The highest BCUT2D eigenvalue weighted by atomic mass is 19.1. The minimum absolute atomic E-state index is 0.114. The smallest absolute Gasteiger partial charge is 0.243 e. The van der Waals surface area contributed by atoms with Gasteiger partial charge in [0.15, 0.2) is 0 Å². The summed E-state index contributed by atoms with van der Waals surface area (Å²) >= 11 is 0. The number of nitrogens with zero attached hydrogens (tertiary/aromatic N) is 2. The molecular weight excluding hydrogens is 397 g/mol. The van der Waals surface area contributed by atoms with Crippen LogP contribution in [-0.2, 0) is 22.6 Å². The third kappa shape index (κ3) is 5.32. The highest BCUT2D eigenvalue weighted by molar-refractivity contribution is 5.88. The van der Waals surface area contributed by atoms with Gasteiger partial charge in [0.05, 0.1) is 12.1 Å². The third-order valence-corrected chi connectivity index (χ3v) is 6.41. The number of aromatic nitrogens is 1. The Kier molecular flexibility index (Phi) is 6.68. The molecule has 0 radical (unpaired) electrons. The van der Waals surface area contributed by atoms with E-state index in [0.29, 0.717) is 44.0 Å². The van der Waals surface area contributed by atoms with Crippen molar-refractivity contribution >= 4 is 11.8 Å². The van der Waals surface area contributed by atoms with Crippen LogP contribution < -0.4 is 5.32 Å². The number of hydrogen-bond donors (Lipinski definition) is 1. The Hall–Kier alpha value is -2.70. The van der Waals surface area contributed by atoms with Gasteiger partial charge in [0, 0.05) is 19.2 Å². The van der Waals surface area contributed by atoms with Gasteiger partial charge in [-0.15, -0.1) is 0 Å². The number of aryl methyl sites for hydroxylation is 1. The van der Waals surface area contributed by atoms with Gasteiger partial charge in [0.2, 0.25) is 11.8 Å². The van der Waals surface area contributed by atoms with Crippen LogP contribution in [-0.4, -0.2) is 40.6 Å². The Bertz CT molecular complexity index is 911. The molecule has 1 aromatic carbocycles. The molecular formula is C24H30FN3O3. The quantitative estimate of drug-likeness (QED) is 0.760. The molecule has 2 unspecified atom stereocenters. The second-order valence-electron chi connectivity index (χ2n) is 8.78. The number of halogens is 1. The lowest BCUT2D eigenvalue weighted by Gasteiger charge is -2.25. The van der Waals surface area contributed by atoms with Crippen LogP contribution in [0.5, 0.6) is 0 Å². The van der Waals surface area contributed by atoms with Gasteiger partial charge in [-0.1, -0.05) is 29.4 Å². The first-order chi connectivity index (χ1) is 15.0. The molecule has 2 heterocycles. The summed E-state index contributed by atoms with van der Waals surface area (Å²) in [4.78, 5) is 27.1. The van der Waals surface area contributed by atoms with E-state index < -0.39 is 12.2 Å². The number of rotatable bonds is 6. The predicted molar refractivity (Wildman–Crippen MR) is 114 cm³/mol. The molecule has 166 valence electrons. The highest BCUT2D eigenvalue weighted by Gasteiger charge is 2.34. The lowest BCUT2D eigenvalue weighted by molar-refractivity contribution is -0.138. The fourth-order valence-corrected chi connectivity index (χ4v) is 4.74. The molecule has 1 saturated carbocycles. The fourth-order valence-electron chi connectivity index (χ4n) is 4.74. The first-order valence-corrected chi connectivity index (χ1v) is 11.2. The van der Waals surface area contributed by atoms with Crippen molar-refractivity contribution in [2.75, 3.05) is 6.54 Å². The Morgan fingerprint density at radius 3 is 2.71 bits per heavy atom. The van der Waals surface area contributed by atoms with Crippen molar-refractivity contribution in [2.45, 2.75) is 76.5 Å². The molecule has 1 aliphatic heterocycles. The summed E-state index contributed by atoms with van der Waals surface area (Å²) in [7, 11) is 0. The van der Waals surface area contributed by atoms with E-state index >= 15 is 0 Å². The average molecular weight is 428 g/mol. The molecule has 2 fully saturated rings. The number of alkyl halides is 1. The van der Waals surface area contributed by atoms with Gasteiger partial charge >= 0.3 is 0 Å². The van der Waals surface area contributed by atoms with Crippen molar-refractivity contribution in [3.05, 3.63) is 52.9 Å². The zero-order valence-electron chi connectivity index (χ0n) is 18.0. The maximum Gasteiger partial charge on any atom is 0.243 e. The largest absolute Gasteiger partial charge is 0.361 e. The van der Waals surface area contributed by atoms with Crippen molar-refractivity contribution < 1.29 is 18.5 Å². The van der Waals surface area contributed by atoms with Gasteiger partial charge in [-0.05, 0) is 62.5 Å². The van der Waals surface area contributed by atoms with E-state index in [-0.39, 0.29) is 18.2 Å². The standard InChI is InChI=1S/C24H30FN3O3/c1-16-12-21(31-27-16)14-23(29)28-11-3-6-22(28)24(30)26-15-17-7-9-18(10-8-17)19-4-2-5-20(25)13-19/h7-10,12,19-20,22H,2-6,11,13-15H2,1H3,(H,26,30)/t19?,20?,22-/m0/s1. The van der Waals surface area contributed by atoms with Crippen molar-refractivity contribution in [3.63, 3.8) is 0 Å². The first-order valence-electron chi connectivity index (χ1n) is 11.2. The van der Waals surface area contributed by atoms with Crippen LogP contribution in [0.4, 0.5) is 4.39 Å². The Balaban J connectivity index is 1.30. The number of hydrogen-bond acceptors (Lipinski definition) is 4. The SMILES string of the molecule is Cc1cc(CC(=O)N2CCC[C@H]2C(=O)NCc2ccc(C3CCCC(F)C3)cc2)on1. The Labute approximate surface area is 182 Å². The second kappa shape index (κ2) is 9.62. The minimum atomic E-state index is -0.692. The topological polar surface area (TPSA) is 75.4 Å². The van der Waals surface area contributed by atoms with E-state index in [1.54, 1.807) is 11.0 Å². The zero-order valence-corrected chi connectivity index (χ0v) is 18.0. The average Bonchev–Trinajstić information content (AvgIpc) is 3.41. The van der Waals surface area contributed by atoms with Crippen molar-refractivity contribution in [1.29, 1.82) is 0 Å². The minimum Gasteiger partial charge on any atom is -0.361 e. The van der Waals surface area contributed by atoms with Crippen LogP contribution in [0.25, 0.3) is 0 Å². The number of likely N-dealkylation sites (tertiary alicyclic amines) is 1. The second-order valence-corrected chi connectivity index (χ2v) is 8.78. The highest BCUT2D eigenvalue weighted by Crippen LogP contribution is 2.34. The van der Waals surface area contributed by atoms with Gasteiger partial charge in [-0.2, -0.15) is 0 Å². The molecule has 0 spiro atoms. The molecule has 3 atom stereocenters. The zero-order chi connectivity index (χ0) is 21.8. The van der Waals surface area contributed by atoms with Crippen LogP contribution in [0.2, 0.25) is 0 Å². The summed E-state index contributed by atoms with van der Waals surface area (Å²) in [6.07, 6.45) is 4.17. The lowest BCUT2D eigenvalue weighted by atomic mass is 9.83. The van der Waals surface area contributed by atoms with E-state index in [9.17, 15) is 14.0 Å². The first kappa shape index (κ1) is 21.5. The Morgan fingerprint density at radius 2 is 2.00 bits per heavy atom. The van der Waals surface area contributed by atoms with E-state index in [4.69, 9.17) is 4.52 Å². The monoisotopic (exact) mass is 427 g/mol. The van der Waals surface area contributed by atoms with Gasteiger partial charge in [0.25, 0.3) is 0 Å². The van der Waals surface area contributed by atoms with E-state index in [1.807, 2.05) is 19.1 Å². The maximum absolute atomic E-state index is 13.7. The number of carbonyl (C=O) groups excluding carboxylic acids is 2. The van der Waals surface area contributed by atoms with Gasteiger partial charge in [0.1, 0.15) is 18.0 Å². The molecule has 1 aromatic heterocycles. The van der Waals surface area contributed by atoms with Crippen molar-refractivity contribution in [2.24, 2.45) is 0 Å². The molecule has 1 saturated heterocycles. The van der Waals surface area contributed by atoms with E-state index in [0.717, 1.165) is 30.5 Å². The number of nitrogens with one attached hydrogen (secondary N) is 1. The predicted octanol–water partition coefficient (Wildman–Crippen LogP) is 3.83. The van der Waals surface area contributed by atoms with Crippen molar-refractivity contribution in [1.82, 2.24) is 15.4 Å². The Morgan fingerprint density at radius 1 is 1.19 bits per heavy atom. The summed E-state index contributed by atoms with van der Waals surface area (Å²) < 4.78 is 18.8. The number of carbonyl (C=O) groups is 2. The molecule has 2 amide bonds. The molecule has 1 aliphatic carbocycles. The molecule has 6 nitrogen and oxygen atoms in total. The summed E-state index contributed by atoms with van der Waals surface area (Å²) in [5.41, 5.74) is 2.91. The molecule has 2 aromatic rings. The molecule has 1 N–H and O–H groups in total. The molecule has 0 bridgehead atoms.